The average molecular weight is 515 g/mol. The first kappa shape index (κ1) is 25.6. The number of benzene rings is 2. The number of carbonyl (C=O) groups excluding carboxylic acids is 1. The Hall–Kier alpha value is -4.08. The number of hydrogen-bond acceptors (Lipinski definition) is 6. The molecule has 2 aromatic heterocycles. The zero-order valence-corrected chi connectivity index (χ0v) is 21.1. The first-order valence-corrected chi connectivity index (χ1v) is 12.5. The molecule has 1 N–H and O–H groups in total. The number of nitrogens with one attached hydrogen (secondary N) is 1. The molecular weight excluding hydrogens is 486 g/mol. The van der Waals surface area contributed by atoms with Gasteiger partial charge in [0.1, 0.15) is 17.5 Å². The Kier molecular flexibility index (Phi) is 7.76. The summed E-state index contributed by atoms with van der Waals surface area (Å²) < 4.78 is 29.4. The minimum Gasteiger partial charge on any atom is -0.322 e. The van der Waals surface area contributed by atoms with Crippen LogP contribution in [-0.2, 0) is 13.0 Å². The highest BCUT2D eigenvalue weighted by molar-refractivity contribution is 6.04. The summed E-state index contributed by atoms with van der Waals surface area (Å²) >= 11 is 0. The standard InChI is InChI=1S/C29H28F2N6O/c1-36-11-13-37(14-12-36)19-22-5-4-20(16-26(22)31)29(38)34-24-6-7-25(30)23(15-24)17-28-33-10-8-27(35-28)21-3-2-9-32-18-21/h2-10,15-16,18H,11-14,17,19H2,1H3,(H,34,38). The summed E-state index contributed by atoms with van der Waals surface area (Å²) in [6.07, 6.45) is 5.14. The maximum absolute atomic E-state index is 14.8. The van der Waals surface area contributed by atoms with Crippen LogP contribution in [0.1, 0.15) is 27.3 Å². The smallest absolute Gasteiger partial charge is 0.255 e. The predicted molar refractivity (Wildman–Crippen MR) is 142 cm³/mol. The van der Waals surface area contributed by atoms with Gasteiger partial charge in [-0.2, -0.15) is 0 Å². The Morgan fingerprint density at radius 3 is 2.55 bits per heavy atom. The minimum atomic E-state index is -0.470. The average Bonchev–Trinajstić information content (AvgIpc) is 2.93. The predicted octanol–water partition coefficient (Wildman–Crippen LogP) is 4.41. The highest BCUT2D eigenvalue weighted by Crippen LogP contribution is 2.21. The Labute approximate surface area is 220 Å². The minimum absolute atomic E-state index is 0.138. The molecule has 0 atom stereocenters. The number of rotatable bonds is 7. The number of nitrogens with zero attached hydrogens (tertiary/aromatic N) is 5. The summed E-state index contributed by atoms with van der Waals surface area (Å²) in [5, 5.41) is 2.74. The molecule has 5 rings (SSSR count). The van der Waals surface area contributed by atoms with Crippen molar-refractivity contribution < 1.29 is 13.6 Å². The van der Waals surface area contributed by atoms with Crippen LogP contribution in [-0.4, -0.2) is 63.9 Å². The van der Waals surface area contributed by atoms with Gasteiger partial charge < -0.3 is 10.2 Å². The first-order chi connectivity index (χ1) is 18.4. The van der Waals surface area contributed by atoms with E-state index in [2.05, 4.69) is 37.1 Å². The topological polar surface area (TPSA) is 74.2 Å². The summed E-state index contributed by atoms with van der Waals surface area (Å²) in [6, 6.07) is 14.3. The second kappa shape index (κ2) is 11.5. The molecule has 0 aliphatic carbocycles. The van der Waals surface area contributed by atoms with Gasteiger partial charge in [0.15, 0.2) is 0 Å². The number of pyridine rings is 1. The number of halogens is 2. The molecule has 1 amide bonds. The molecule has 0 saturated carbocycles. The van der Waals surface area contributed by atoms with Crippen LogP contribution in [0.2, 0.25) is 0 Å². The molecule has 194 valence electrons. The third-order valence-electron chi connectivity index (χ3n) is 6.62. The zero-order chi connectivity index (χ0) is 26.5. The van der Waals surface area contributed by atoms with Crippen molar-refractivity contribution in [1.82, 2.24) is 24.8 Å². The van der Waals surface area contributed by atoms with E-state index in [1.807, 2.05) is 12.1 Å². The highest BCUT2D eigenvalue weighted by atomic mass is 19.1. The van der Waals surface area contributed by atoms with E-state index in [1.165, 1.54) is 18.2 Å². The van der Waals surface area contributed by atoms with Crippen molar-refractivity contribution in [3.63, 3.8) is 0 Å². The van der Waals surface area contributed by atoms with Crippen LogP contribution >= 0.6 is 0 Å². The Balaban J connectivity index is 1.26. The van der Waals surface area contributed by atoms with Crippen molar-refractivity contribution in [2.45, 2.75) is 13.0 Å². The lowest BCUT2D eigenvalue weighted by atomic mass is 10.1. The van der Waals surface area contributed by atoms with Crippen molar-refractivity contribution in [2.24, 2.45) is 0 Å². The molecule has 7 nitrogen and oxygen atoms in total. The van der Waals surface area contributed by atoms with Gasteiger partial charge in [0.25, 0.3) is 5.91 Å². The molecule has 0 radical (unpaired) electrons. The SMILES string of the molecule is CN1CCN(Cc2ccc(C(=O)Nc3ccc(F)c(Cc4nccc(-c5cccnc5)n4)c3)cc2F)CC1. The van der Waals surface area contributed by atoms with Crippen molar-refractivity contribution in [3.05, 3.63) is 107 Å². The molecule has 0 bridgehead atoms. The van der Waals surface area contributed by atoms with Crippen molar-refractivity contribution >= 4 is 11.6 Å². The molecule has 3 heterocycles. The number of aromatic nitrogens is 3. The van der Waals surface area contributed by atoms with Gasteiger partial charge in [0.2, 0.25) is 0 Å². The quantitative estimate of drug-likeness (QED) is 0.394. The van der Waals surface area contributed by atoms with Crippen LogP contribution in [0, 0.1) is 11.6 Å². The third kappa shape index (κ3) is 6.24. The van der Waals surface area contributed by atoms with Crippen molar-refractivity contribution in [1.29, 1.82) is 0 Å². The van der Waals surface area contributed by atoms with E-state index >= 15 is 0 Å². The number of anilines is 1. The van der Waals surface area contributed by atoms with Gasteiger partial charge in [-0.05, 0) is 61.1 Å². The number of carbonyl (C=O) groups is 1. The van der Waals surface area contributed by atoms with Crippen LogP contribution in [0.3, 0.4) is 0 Å². The molecule has 1 aliphatic rings. The number of likely N-dealkylation sites (N-methyl/N-ethyl adjacent to an activating group) is 1. The first-order valence-electron chi connectivity index (χ1n) is 12.5. The van der Waals surface area contributed by atoms with Gasteiger partial charge in [-0.25, -0.2) is 18.7 Å². The summed E-state index contributed by atoms with van der Waals surface area (Å²) in [6.45, 7) is 4.16. The fraction of sp³-hybridized carbons (Fsp3) is 0.241. The fourth-order valence-electron chi connectivity index (χ4n) is 4.38. The molecule has 1 saturated heterocycles. The number of amides is 1. The van der Waals surface area contributed by atoms with E-state index in [-0.39, 0.29) is 12.0 Å². The van der Waals surface area contributed by atoms with Gasteiger partial charge in [0, 0.05) is 80.1 Å². The van der Waals surface area contributed by atoms with Gasteiger partial charge in [-0.15, -0.1) is 0 Å². The molecule has 1 fully saturated rings. The fourth-order valence-corrected chi connectivity index (χ4v) is 4.38. The molecule has 0 unspecified atom stereocenters. The lowest BCUT2D eigenvalue weighted by molar-refractivity contribution is 0.102. The molecular formula is C29H28F2N6O. The van der Waals surface area contributed by atoms with E-state index in [0.29, 0.717) is 34.9 Å². The molecule has 4 aromatic rings. The highest BCUT2D eigenvalue weighted by Gasteiger charge is 2.17. The van der Waals surface area contributed by atoms with Crippen molar-refractivity contribution in [2.75, 3.05) is 38.5 Å². The van der Waals surface area contributed by atoms with E-state index in [0.717, 1.165) is 31.7 Å². The molecule has 0 spiro atoms. The van der Waals surface area contributed by atoms with Gasteiger partial charge in [-0.3, -0.25) is 14.7 Å². The third-order valence-corrected chi connectivity index (χ3v) is 6.62. The largest absolute Gasteiger partial charge is 0.322 e. The van der Waals surface area contributed by atoms with Gasteiger partial charge in [-0.1, -0.05) is 6.07 Å². The van der Waals surface area contributed by atoms with E-state index in [4.69, 9.17) is 0 Å². The van der Waals surface area contributed by atoms with E-state index in [1.54, 1.807) is 42.9 Å². The van der Waals surface area contributed by atoms with Gasteiger partial charge in [0.05, 0.1) is 5.69 Å². The lowest BCUT2D eigenvalue weighted by Crippen LogP contribution is -2.44. The van der Waals surface area contributed by atoms with Gasteiger partial charge >= 0.3 is 0 Å². The summed E-state index contributed by atoms with van der Waals surface area (Å²) in [7, 11) is 2.07. The molecule has 38 heavy (non-hydrogen) atoms. The summed E-state index contributed by atoms with van der Waals surface area (Å²) in [5.74, 6) is -0.881. The zero-order valence-electron chi connectivity index (χ0n) is 21.1. The Morgan fingerprint density at radius 1 is 0.947 bits per heavy atom. The number of hydrogen-bond donors (Lipinski definition) is 1. The normalized spacial score (nSPS) is 14.4. The Morgan fingerprint density at radius 2 is 1.79 bits per heavy atom. The second-order valence-corrected chi connectivity index (χ2v) is 9.42. The maximum Gasteiger partial charge on any atom is 0.255 e. The van der Waals surface area contributed by atoms with E-state index in [9.17, 15) is 13.6 Å². The molecule has 9 heteroatoms. The van der Waals surface area contributed by atoms with Crippen LogP contribution in [0.5, 0.6) is 0 Å². The maximum atomic E-state index is 14.8. The van der Waals surface area contributed by atoms with Crippen LogP contribution < -0.4 is 5.32 Å². The second-order valence-electron chi connectivity index (χ2n) is 9.42. The lowest BCUT2D eigenvalue weighted by Gasteiger charge is -2.32. The Bertz CT molecular complexity index is 1420. The summed E-state index contributed by atoms with van der Waals surface area (Å²) in [4.78, 5) is 30.2. The van der Waals surface area contributed by atoms with E-state index < -0.39 is 17.5 Å². The molecule has 1 aliphatic heterocycles. The number of piperazine rings is 1. The van der Waals surface area contributed by atoms with Crippen LogP contribution in [0.25, 0.3) is 11.3 Å². The molecule has 2 aromatic carbocycles. The summed E-state index contributed by atoms with van der Waals surface area (Å²) in [5.41, 5.74) is 3.01. The van der Waals surface area contributed by atoms with Crippen LogP contribution in [0.15, 0.2) is 73.2 Å². The van der Waals surface area contributed by atoms with Crippen LogP contribution in [0.4, 0.5) is 14.5 Å². The monoisotopic (exact) mass is 514 g/mol. The van der Waals surface area contributed by atoms with Crippen molar-refractivity contribution in [3.8, 4) is 11.3 Å².